The van der Waals surface area contributed by atoms with Gasteiger partial charge in [0.2, 0.25) is 0 Å². The molecule has 2 aliphatic heterocycles. The Balaban J connectivity index is 1.84. The van der Waals surface area contributed by atoms with Crippen molar-refractivity contribution in [3.63, 3.8) is 0 Å². The van der Waals surface area contributed by atoms with E-state index in [2.05, 4.69) is 24.8 Å². The Bertz CT molecular complexity index is 490. The van der Waals surface area contributed by atoms with Gasteiger partial charge in [-0.05, 0) is 37.8 Å². The molecule has 1 saturated heterocycles. The zero-order valence-corrected chi connectivity index (χ0v) is 12.4. The molecule has 4 heteroatoms. The largest absolute Gasteiger partial charge is 0.467 e. The van der Waals surface area contributed by atoms with Gasteiger partial charge in [0.1, 0.15) is 5.75 Å². The van der Waals surface area contributed by atoms with E-state index in [4.69, 9.17) is 15.2 Å². The maximum Gasteiger partial charge on any atom is 0.189 e. The number of likely N-dealkylation sites (tertiary alicyclic amines) is 1. The quantitative estimate of drug-likeness (QED) is 0.844. The number of rotatable bonds is 2. The van der Waals surface area contributed by atoms with E-state index in [-0.39, 0.29) is 0 Å². The highest BCUT2D eigenvalue weighted by Crippen LogP contribution is 2.33. The van der Waals surface area contributed by atoms with Gasteiger partial charge < -0.3 is 15.2 Å². The van der Waals surface area contributed by atoms with Crippen molar-refractivity contribution in [3.8, 4) is 5.75 Å². The van der Waals surface area contributed by atoms with Gasteiger partial charge in [-0.25, -0.2) is 0 Å². The second-order valence-corrected chi connectivity index (χ2v) is 6.24. The van der Waals surface area contributed by atoms with Gasteiger partial charge >= 0.3 is 0 Å². The number of nitrogens with zero attached hydrogens (tertiary/aromatic N) is 1. The van der Waals surface area contributed by atoms with Crippen molar-refractivity contribution in [1.82, 2.24) is 4.90 Å². The minimum Gasteiger partial charge on any atom is -0.467 e. The number of fused-ring (bicyclic) bond motifs is 1. The third-order valence-electron chi connectivity index (χ3n) is 4.43. The van der Waals surface area contributed by atoms with Gasteiger partial charge in [-0.3, -0.25) is 4.90 Å². The zero-order chi connectivity index (χ0) is 14.1. The van der Waals surface area contributed by atoms with Crippen LogP contribution in [0.4, 0.5) is 5.69 Å². The lowest BCUT2D eigenvalue weighted by Gasteiger charge is -2.37. The molecular formula is C16H24N2O2. The molecule has 0 saturated carbocycles. The molecule has 2 N–H and O–H groups in total. The van der Waals surface area contributed by atoms with Crippen molar-refractivity contribution in [1.29, 1.82) is 0 Å². The second kappa shape index (κ2) is 5.62. The van der Waals surface area contributed by atoms with Crippen molar-refractivity contribution >= 4 is 5.69 Å². The molecule has 3 rings (SSSR count). The zero-order valence-electron chi connectivity index (χ0n) is 12.4. The summed E-state index contributed by atoms with van der Waals surface area (Å²) in [4.78, 5) is 2.54. The highest BCUT2D eigenvalue weighted by molar-refractivity contribution is 5.53. The Morgan fingerprint density at radius 2 is 2.15 bits per heavy atom. The molecule has 4 nitrogen and oxygen atoms in total. The third-order valence-corrected chi connectivity index (χ3v) is 4.43. The van der Waals surface area contributed by atoms with Gasteiger partial charge in [0.25, 0.3) is 0 Å². The predicted octanol–water partition coefficient (Wildman–Crippen LogP) is 2.76. The number of benzene rings is 1. The Morgan fingerprint density at radius 1 is 1.30 bits per heavy atom. The van der Waals surface area contributed by atoms with Crippen molar-refractivity contribution in [2.75, 3.05) is 19.1 Å². The molecule has 2 heterocycles. The highest BCUT2D eigenvalue weighted by Gasteiger charge is 2.25. The summed E-state index contributed by atoms with van der Waals surface area (Å²) in [5.74, 6) is 1.75. The molecule has 0 spiro atoms. The van der Waals surface area contributed by atoms with E-state index in [0.29, 0.717) is 19.4 Å². The molecule has 2 aliphatic rings. The molecule has 0 aliphatic carbocycles. The minimum absolute atomic E-state index is 0.343. The highest BCUT2D eigenvalue weighted by atomic mass is 16.7. The SMILES string of the molecule is CC1CCC(C)N(Cc2cc(N)cc3c2OCOC3)C1. The summed E-state index contributed by atoms with van der Waals surface area (Å²) in [6.45, 7) is 7.65. The number of nitrogen functional groups attached to an aromatic ring is 1. The normalized spacial score (nSPS) is 26.9. The van der Waals surface area contributed by atoms with Crippen LogP contribution in [-0.4, -0.2) is 24.3 Å². The summed E-state index contributed by atoms with van der Waals surface area (Å²) < 4.78 is 11.1. The third kappa shape index (κ3) is 2.76. The van der Waals surface area contributed by atoms with E-state index in [1.807, 2.05) is 6.07 Å². The maximum atomic E-state index is 6.02. The van der Waals surface area contributed by atoms with Gasteiger partial charge in [-0.2, -0.15) is 0 Å². The molecule has 2 unspecified atom stereocenters. The standard InChI is InChI=1S/C16H24N2O2/c1-11-3-4-12(2)18(7-11)8-13-5-15(17)6-14-9-19-10-20-16(13)14/h5-6,11-12H,3-4,7-10,17H2,1-2H3. The first kappa shape index (κ1) is 13.7. The van der Waals surface area contributed by atoms with Crippen molar-refractivity contribution in [2.45, 2.75) is 45.9 Å². The smallest absolute Gasteiger partial charge is 0.189 e. The topological polar surface area (TPSA) is 47.7 Å². The van der Waals surface area contributed by atoms with E-state index in [0.717, 1.165) is 36.0 Å². The van der Waals surface area contributed by atoms with Crippen LogP contribution in [-0.2, 0) is 17.9 Å². The van der Waals surface area contributed by atoms with Gasteiger partial charge in [0.15, 0.2) is 6.79 Å². The van der Waals surface area contributed by atoms with Crippen LogP contribution in [0.5, 0.6) is 5.75 Å². The molecule has 1 aromatic carbocycles. The second-order valence-electron chi connectivity index (χ2n) is 6.24. The van der Waals surface area contributed by atoms with E-state index in [1.54, 1.807) is 0 Å². The van der Waals surface area contributed by atoms with Crippen LogP contribution >= 0.6 is 0 Å². The summed E-state index contributed by atoms with van der Waals surface area (Å²) in [5.41, 5.74) is 9.09. The molecule has 0 amide bonds. The van der Waals surface area contributed by atoms with Crippen LogP contribution in [0, 0.1) is 5.92 Å². The van der Waals surface area contributed by atoms with Crippen molar-refractivity contribution in [3.05, 3.63) is 23.3 Å². The maximum absolute atomic E-state index is 6.02. The van der Waals surface area contributed by atoms with Gasteiger partial charge in [-0.1, -0.05) is 6.92 Å². The molecule has 0 aromatic heterocycles. The van der Waals surface area contributed by atoms with Crippen LogP contribution in [0.15, 0.2) is 12.1 Å². The van der Waals surface area contributed by atoms with Crippen LogP contribution in [0.3, 0.4) is 0 Å². The van der Waals surface area contributed by atoms with Gasteiger partial charge in [-0.15, -0.1) is 0 Å². The summed E-state index contributed by atoms with van der Waals surface area (Å²) in [6, 6.07) is 4.64. The molecular weight excluding hydrogens is 252 g/mol. The Labute approximate surface area is 120 Å². The number of hydrogen-bond donors (Lipinski definition) is 1. The number of ether oxygens (including phenoxy) is 2. The number of anilines is 1. The number of nitrogens with two attached hydrogens (primary N) is 1. The van der Waals surface area contributed by atoms with Gasteiger partial charge in [0.05, 0.1) is 6.61 Å². The summed E-state index contributed by atoms with van der Waals surface area (Å²) in [6.07, 6.45) is 2.60. The summed E-state index contributed by atoms with van der Waals surface area (Å²) in [7, 11) is 0. The number of piperidine rings is 1. The fourth-order valence-electron chi connectivity index (χ4n) is 3.26. The lowest BCUT2D eigenvalue weighted by atomic mass is 9.94. The molecule has 1 aromatic rings. The van der Waals surface area contributed by atoms with Gasteiger partial charge in [0, 0.05) is 35.9 Å². The Hall–Kier alpha value is -1.26. The van der Waals surface area contributed by atoms with E-state index < -0.39 is 0 Å². The van der Waals surface area contributed by atoms with Crippen LogP contribution in [0.1, 0.15) is 37.8 Å². The number of hydrogen-bond acceptors (Lipinski definition) is 4. The fraction of sp³-hybridized carbons (Fsp3) is 0.625. The first-order valence-electron chi connectivity index (χ1n) is 7.49. The van der Waals surface area contributed by atoms with Crippen molar-refractivity contribution < 1.29 is 9.47 Å². The average Bonchev–Trinajstić information content (AvgIpc) is 2.43. The monoisotopic (exact) mass is 276 g/mol. The molecule has 20 heavy (non-hydrogen) atoms. The minimum atomic E-state index is 0.343. The molecule has 2 atom stereocenters. The molecule has 0 bridgehead atoms. The van der Waals surface area contributed by atoms with Crippen LogP contribution < -0.4 is 10.5 Å². The first-order chi connectivity index (χ1) is 9.63. The summed E-state index contributed by atoms with van der Waals surface area (Å²) in [5, 5.41) is 0. The predicted molar refractivity (Wildman–Crippen MR) is 79.4 cm³/mol. The van der Waals surface area contributed by atoms with E-state index >= 15 is 0 Å². The van der Waals surface area contributed by atoms with Crippen molar-refractivity contribution in [2.24, 2.45) is 5.92 Å². The average molecular weight is 276 g/mol. The molecule has 0 radical (unpaired) electrons. The first-order valence-corrected chi connectivity index (χ1v) is 7.49. The Morgan fingerprint density at radius 3 is 3.00 bits per heavy atom. The van der Waals surface area contributed by atoms with Crippen LogP contribution in [0.2, 0.25) is 0 Å². The summed E-state index contributed by atoms with van der Waals surface area (Å²) >= 11 is 0. The molecule has 1 fully saturated rings. The lowest BCUT2D eigenvalue weighted by Crippen LogP contribution is -2.40. The van der Waals surface area contributed by atoms with Crippen LogP contribution in [0.25, 0.3) is 0 Å². The fourth-order valence-corrected chi connectivity index (χ4v) is 3.26. The van der Waals surface area contributed by atoms with E-state index in [9.17, 15) is 0 Å². The Kier molecular flexibility index (Phi) is 3.85. The molecule has 110 valence electrons. The van der Waals surface area contributed by atoms with E-state index in [1.165, 1.54) is 18.4 Å². The lowest BCUT2D eigenvalue weighted by molar-refractivity contribution is -0.0178.